The van der Waals surface area contributed by atoms with E-state index in [4.69, 9.17) is 18.0 Å². The number of nitrogens with one attached hydrogen (secondary N) is 1. The van der Waals surface area contributed by atoms with E-state index in [2.05, 4.69) is 10.4 Å². The summed E-state index contributed by atoms with van der Waals surface area (Å²) in [6.45, 7) is 6.09. The van der Waals surface area contributed by atoms with Gasteiger partial charge in [0.1, 0.15) is 0 Å². The van der Waals surface area contributed by atoms with Crippen molar-refractivity contribution in [3.05, 3.63) is 11.9 Å². The van der Waals surface area contributed by atoms with Crippen molar-refractivity contribution >= 4 is 28.8 Å². The first-order chi connectivity index (χ1) is 9.91. The minimum absolute atomic E-state index is 0.110. The smallest absolute Gasteiger partial charge is 0.237 e. The maximum absolute atomic E-state index is 12.8. The molecule has 0 aliphatic rings. The Morgan fingerprint density at radius 3 is 2.38 bits per heavy atom. The maximum atomic E-state index is 12.8. The lowest BCUT2D eigenvalue weighted by atomic mass is 9.78. The molecule has 1 heterocycles. The van der Waals surface area contributed by atoms with Crippen LogP contribution in [0.4, 0.5) is 5.69 Å². The Labute approximate surface area is 132 Å². The van der Waals surface area contributed by atoms with Crippen molar-refractivity contribution in [3.63, 3.8) is 0 Å². The summed E-state index contributed by atoms with van der Waals surface area (Å²) >= 11 is 5.22. The Hall–Kier alpha value is -1.43. The molecule has 0 aliphatic carbocycles. The van der Waals surface area contributed by atoms with Crippen LogP contribution in [-0.4, -0.2) is 20.7 Å². The van der Waals surface area contributed by atoms with Crippen LogP contribution < -0.4 is 11.1 Å². The number of anilines is 1. The van der Waals surface area contributed by atoms with Gasteiger partial charge >= 0.3 is 0 Å². The first-order valence-corrected chi connectivity index (χ1v) is 7.95. The van der Waals surface area contributed by atoms with Gasteiger partial charge in [0.25, 0.3) is 0 Å². The molecule has 0 fully saturated rings. The number of hydrogen-bond donors (Lipinski definition) is 2. The van der Waals surface area contributed by atoms with Gasteiger partial charge in [0, 0.05) is 13.2 Å². The molecule has 1 aromatic heterocycles. The Kier molecular flexibility index (Phi) is 6.33. The highest BCUT2D eigenvalue weighted by atomic mass is 32.1. The van der Waals surface area contributed by atoms with Gasteiger partial charge < -0.3 is 11.1 Å². The number of nitrogens with zero attached hydrogens (tertiary/aromatic N) is 2. The van der Waals surface area contributed by atoms with Crippen LogP contribution in [0.5, 0.6) is 0 Å². The van der Waals surface area contributed by atoms with E-state index in [1.54, 1.807) is 4.68 Å². The molecule has 1 aromatic rings. The average Bonchev–Trinajstić information content (AvgIpc) is 2.77. The van der Waals surface area contributed by atoms with Gasteiger partial charge in [0.05, 0.1) is 21.8 Å². The van der Waals surface area contributed by atoms with E-state index in [0.717, 1.165) is 30.6 Å². The number of carbonyl (C=O) groups excluding carboxylic acids is 1. The van der Waals surface area contributed by atoms with Crippen LogP contribution in [0.2, 0.25) is 0 Å². The predicted octanol–water partition coefficient (Wildman–Crippen LogP) is 2.79. The molecule has 21 heavy (non-hydrogen) atoms. The van der Waals surface area contributed by atoms with Crippen molar-refractivity contribution in [1.29, 1.82) is 0 Å². The SMILES string of the molecule is CCCC(CCC)(C(=O)Nc1cn(C)nc1CC)C(N)=S. The van der Waals surface area contributed by atoms with Crippen LogP contribution in [0, 0.1) is 5.41 Å². The van der Waals surface area contributed by atoms with Crippen LogP contribution in [0.15, 0.2) is 6.20 Å². The van der Waals surface area contributed by atoms with Crippen LogP contribution in [-0.2, 0) is 18.3 Å². The number of carbonyl (C=O) groups is 1. The molecular weight excluding hydrogens is 284 g/mol. The maximum Gasteiger partial charge on any atom is 0.237 e. The number of rotatable bonds is 8. The molecular formula is C15H26N4OS. The van der Waals surface area contributed by atoms with Crippen LogP contribution in [0.1, 0.15) is 52.1 Å². The van der Waals surface area contributed by atoms with Gasteiger partial charge in [-0.1, -0.05) is 45.8 Å². The van der Waals surface area contributed by atoms with E-state index in [9.17, 15) is 4.79 Å². The molecule has 1 rings (SSSR count). The third-order valence-electron chi connectivity index (χ3n) is 3.75. The zero-order valence-electron chi connectivity index (χ0n) is 13.4. The molecule has 0 bridgehead atoms. The monoisotopic (exact) mass is 310 g/mol. The molecule has 0 radical (unpaired) electrons. The van der Waals surface area contributed by atoms with Gasteiger partial charge in [-0.3, -0.25) is 9.48 Å². The molecule has 0 spiro atoms. The van der Waals surface area contributed by atoms with Gasteiger partial charge in [-0.2, -0.15) is 5.10 Å². The Balaban J connectivity index is 3.07. The Morgan fingerprint density at radius 1 is 1.38 bits per heavy atom. The summed E-state index contributed by atoms with van der Waals surface area (Å²) in [6.07, 6.45) is 5.64. The third kappa shape index (κ3) is 3.81. The molecule has 0 aliphatic heterocycles. The van der Waals surface area contributed by atoms with Crippen molar-refractivity contribution < 1.29 is 4.79 Å². The number of aromatic nitrogens is 2. The number of nitrogens with two attached hydrogens (primary N) is 1. The number of amides is 1. The molecule has 0 saturated heterocycles. The Morgan fingerprint density at radius 2 is 1.95 bits per heavy atom. The summed E-state index contributed by atoms with van der Waals surface area (Å²) in [4.78, 5) is 13.1. The normalized spacial score (nSPS) is 11.4. The van der Waals surface area contributed by atoms with Crippen LogP contribution >= 0.6 is 12.2 Å². The van der Waals surface area contributed by atoms with Crippen molar-refractivity contribution in [3.8, 4) is 0 Å². The van der Waals surface area contributed by atoms with E-state index in [-0.39, 0.29) is 10.9 Å². The molecule has 6 heteroatoms. The highest BCUT2D eigenvalue weighted by Crippen LogP contribution is 2.32. The largest absolute Gasteiger partial charge is 0.392 e. The summed E-state index contributed by atoms with van der Waals surface area (Å²) in [7, 11) is 1.84. The zero-order chi connectivity index (χ0) is 16.0. The standard InChI is InChI=1S/C15H26N4OS/c1-5-8-15(9-6-2,13(16)21)14(20)17-12-10-19(4)18-11(12)7-3/h10H,5-9H2,1-4H3,(H2,16,21)(H,17,20). The molecule has 0 atom stereocenters. The number of thiocarbonyl (C=S) groups is 1. The second-order valence-electron chi connectivity index (χ2n) is 5.42. The Bertz CT molecular complexity index is 504. The van der Waals surface area contributed by atoms with Gasteiger partial charge in [-0.15, -0.1) is 0 Å². The second kappa shape index (κ2) is 7.54. The van der Waals surface area contributed by atoms with Crippen molar-refractivity contribution in [2.24, 2.45) is 18.2 Å². The first kappa shape index (κ1) is 17.6. The fourth-order valence-electron chi connectivity index (χ4n) is 2.71. The predicted molar refractivity (Wildman–Crippen MR) is 90.3 cm³/mol. The molecule has 5 nitrogen and oxygen atoms in total. The minimum atomic E-state index is -0.764. The zero-order valence-corrected chi connectivity index (χ0v) is 14.2. The minimum Gasteiger partial charge on any atom is -0.392 e. The summed E-state index contributed by atoms with van der Waals surface area (Å²) in [5, 5.41) is 7.32. The fourth-order valence-corrected chi connectivity index (χ4v) is 3.00. The highest BCUT2D eigenvalue weighted by molar-refractivity contribution is 7.80. The van der Waals surface area contributed by atoms with Gasteiger partial charge in [-0.05, 0) is 19.3 Å². The molecule has 3 N–H and O–H groups in total. The van der Waals surface area contributed by atoms with E-state index in [0.29, 0.717) is 12.8 Å². The van der Waals surface area contributed by atoms with Crippen molar-refractivity contribution in [2.75, 3.05) is 5.32 Å². The first-order valence-electron chi connectivity index (χ1n) is 7.55. The van der Waals surface area contributed by atoms with E-state index in [1.807, 2.05) is 34.0 Å². The third-order valence-corrected chi connectivity index (χ3v) is 4.14. The molecule has 0 aromatic carbocycles. The van der Waals surface area contributed by atoms with Crippen LogP contribution in [0.25, 0.3) is 0 Å². The second-order valence-corrected chi connectivity index (χ2v) is 5.86. The molecule has 0 unspecified atom stereocenters. The number of aryl methyl sites for hydroxylation is 2. The van der Waals surface area contributed by atoms with Gasteiger partial charge in [-0.25, -0.2) is 0 Å². The number of hydrogen-bond acceptors (Lipinski definition) is 3. The van der Waals surface area contributed by atoms with Gasteiger partial charge in [0.15, 0.2) is 0 Å². The van der Waals surface area contributed by atoms with Crippen molar-refractivity contribution in [1.82, 2.24) is 9.78 Å². The lowest BCUT2D eigenvalue weighted by Gasteiger charge is -2.30. The summed E-state index contributed by atoms with van der Waals surface area (Å²) < 4.78 is 1.70. The quantitative estimate of drug-likeness (QED) is 0.724. The summed E-state index contributed by atoms with van der Waals surface area (Å²) in [5.41, 5.74) is 6.78. The fraction of sp³-hybridized carbons (Fsp3) is 0.667. The molecule has 0 saturated carbocycles. The van der Waals surface area contributed by atoms with E-state index in [1.165, 1.54) is 0 Å². The lowest BCUT2D eigenvalue weighted by Crippen LogP contribution is -2.46. The summed E-state index contributed by atoms with van der Waals surface area (Å²) in [6, 6.07) is 0. The summed E-state index contributed by atoms with van der Waals surface area (Å²) in [5.74, 6) is -0.110. The lowest BCUT2D eigenvalue weighted by molar-refractivity contribution is -0.122. The molecule has 118 valence electrons. The van der Waals surface area contributed by atoms with Crippen LogP contribution in [0.3, 0.4) is 0 Å². The van der Waals surface area contributed by atoms with Crippen molar-refractivity contribution in [2.45, 2.75) is 52.9 Å². The average molecular weight is 310 g/mol. The van der Waals surface area contributed by atoms with E-state index >= 15 is 0 Å². The molecule has 1 amide bonds. The van der Waals surface area contributed by atoms with E-state index < -0.39 is 5.41 Å². The van der Waals surface area contributed by atoms with Gasteiger partial charge in [0.2, 0.25) is 5.91 Å². The topological polar surface area (TPSA) is 72.9 Å². The highest BCUT2D eigenvalue weighted by Gasteiger charge is 2.40.